The van der Waals surface area contributed by atoms with Gasteiger partial charge in [0.15, 0.2) is 0 Å². The second-order valence-corrected chi connectivity index (χ2v) is 6.26. The summed E-state index contributed by atoms with van der Waals surface area (Å²) in [7, 11) is 0. The molecule has 0 aliphatic carbocycles. The zero-order valence-corrected chi connectivity index (χ0v) is 14.3. The van der Waals surface area contributed by atoms with Gasteiger partial charge in [-0.3, -0.25) is 0 Å². The molecule has 2 fully saturated rings. The molecule has 0 aromatic carbocycles. The molecule has 10 heteroatoms. The van der Waals surface area contributed by atoms with Crippen LogP contribution in [0.3, 0.4) is 0 Å². The van der Waals surface area contributed by atoms with E-state index < -0.39 is 0 Å². The Morgan fingerprint density at radius 1 is 0.750 bits per heavy atom. The number of morpholine rings is 2. The summed E-state index contributed by atoms with van der Waals surface area (Å²) in [5.41, 5.74) is 2.34. The minimum absolute atomic E-state index is 0.127. The summed E-state index contributed by atoms with van der Waals surface area (Å²) in [6.45, 7) is 4.04. The van der Waals surface area contributed by atoms with Crippen LogP contribution >= 0.6 is 23.2 Å². The van der Waals surface area contributed by atoms with Gasteiger partial charge < -0.3 is 20.1 Å². The first-order chi connectivity index (χ1) is 11.7. The van der Waals surface area contributed by atoms with Gasteiger partial charge in [-0.25, -0.2) is 19.9 Å². The largest absolute Gasteiger partial charge is 0.369 e. The third kappa shape index (κ3) is 3.17. The Kier molecular flexibility index (Phi) is 4.75. The predicted octanol–water partition coefficient (Wildman–Crippen LogP) is 1.05. The summed E-state index contributed by atoms with van der Waals surface area (Å²) in [4.78, 5) is 17.3. The fraction of sp³-hybridized carbons (Fsp3) is 0.571. The highest BCUT2D eigenvalue weighted by Crippen LogP contribution is 2.30. The molecule has 24 heavy (non-hydrogen) atoms. The van der Waals surface area contributed by atoms with Crippen molar-refractivity contribution in [3.05, 3.63) is 22.0 Å². The van der Waals surface area contributed by atoms with Crippen molar-refractivity contribution in [3.63, 3.8) is 0 Å². The maximum absolute atomic E-state index is 6.15. The highest BCUT2D eigenvalue weighted by molar-refractivity contribution is 6.29. The number of nitrogens with one attached hydrogen (secondary N) is 2. The average molecular weight is 371 g/mol. The Bertz CT molecular complexity index is 686. The van der Waals surface area contributed by atoms with Crippen LogP contribution in [0.4, 0.5) is 0 Å². The molecule has 0 saturated carbocycles. The van der Waals surface area contributed by atoms with Gasteiger partial charge in [0.1, 0.15) is 34.6 Å². The third-order valence-electron chi connectivity index (χ3n) is 4.01. The van der Waals surface area contributed by atoms with Gasteiger partial charge in [0.2, 0.25) is 10.6 Å². The summed E-state index contributed by atoms with van der Waals surface area (Å²) in [6, 6.07) is 0. The molecule has 2 aliphatic rings. The molecule has 0 amide bonds. The van der Waals surface area contributed by atoms with E-state index in [1.807, 2.05) is 0 Å². The molecule has 0 radical (unpaired) electrons. The normalized spacial score (nSPS) is 25.1. The van der Waals surface area contributed by atoms with Crippen LogP contribution in [0.25, 0.3) is 11.0 Å². The zero-order valence-electron chi connectivity index (χ0n) is 12.8. The van der Waals surface area contributed by atoms with E-state index in [-0.39, 0.29) is 22.8 Å². The fourth-order valence-electron chi connectivity index (χ4n) is 2.93. The van der Waals surface area contributed by atoms with Crippen LogP contribution in [0.5, 0.6) is 0 Å². The number of hydrogen-bond donors (Lipinski definition) is 2. The molecule has 2 N–H and O–H groups in total. The molecule has 2 saturated heterocycles. The van der Waals surface area contributed by atoms with Gasteiger partial charge in [-0.15, -0.1) is 0 Å². The lowest BCUT2D eigenvalue weighted by atomic mass is 10.1. The second kappa shape index (κ2) is 6.99. The van der Waals surface area contributed by atoms with Crippen LogP contribution in [0.15, 0.2) is 0 Å². The molecule has 4 heterocycles. The summed E-state index contributed by atoms with van der Waals surface area (Å²) >= 11 is 12.3. The number of aromatic nitrogens is 4. The molecule has 128 valence electrons. The number of halogens is 2. The number of hydrogen-bond acceptors (Lipinski definition) is 8. The number of rotatable bonds is 2. The van der Waals surface area contributed by atoms with Gasteiger partial charge >= 0.3 is 0 Å². The van der Waals surface area contributed by atoms with Crippen molar-refractivity contribution in [2.45, 2.75) is 12.2 Å². The zero-order chi connectivity index (χ0) is 16.5. The number of nitrogens with zero attached hydrogens (tertiary/aromatic N) is 4. The number of fused-ring (bicyclic) bond motifs is 1. The van der Waals surface area contributed by atoms with Crippen LogP contribution in [0.1, 0.15) is 23.6 Å². The van der Waals surface area contributed by atoms with E-state index >= 15 is 0 Å². The van der Waals surface area contributed by atoms with Crippen LogP contribution < -0.4 is 10.6 Å². The molecule has 2 aromatic heterocycles. The van der Waals surface area contributed by atoms with Gasteiger partial charge in [-0.1, -0.05) is 0 Å². The lowest BCUT2D eigenvalue weighted by Gasteiger charge is -2.26. The summed E-state index contributed by atoms with van der Waals surface area (Å²) in [5, 5.41) is 6.80. The van der Waals surface area contributed by atoms with Gasteiger partial charge in [0.25, 0.3) is 0 Å². The van der Waals surface area contributed by atoms with Gasteiger partial charge in [-0.2, -0.15) is 0 Å². The van der Waals surface area contributed by atoms with Crippen molar-refractivity contribution in [1.82, 2.24) is 30.6 Å². The Labute approximate surface area is 148 Å². The lowest BCUT2D eigenvalue weighted by Crippen LogP contribution is -2.35. The van der Waals surface area contributed by atoms with Crippen molar-refractivity contribution in [2.75, 3.05) is 39.4 Å². The molecule has 2 aromatic rings. The Balaban J connectivity index is 1.86. The average Bonchev–Trinajstić information content (AvgIpc) is 2.62. The van der Waals surface area contributed by atoms with Gasteiger partial charge in [0.05, 0.1) is 13.2 Å². The van der Waals surface area contributed by atoms with E-state index in [2.05, 4.69) is 30.6 Å². The van der Waals surface area contributed by atoms with E-state index in [4.69, 9.17) is 32.7 Å². The van der Waals surface area contributed by atoms with Crippen molar-refractivity contribution in [3.8, 4) is 0 Å². The third-order valence-corrected chi connectivity index (χ3v) is 4.35. The SMILES string of the molecule is Clc1nc(C2CNCCO2)c2nc(Cl)nc(C3CNCCO3)c2n1. The Hall–Kier alpha value is -1.16. The molecular weight excluding hydrogens is 355 g/mol. The van der Waals surface area contributed by atoms with Crippen LogP contribution in [0, 0.1) is 0 Å². The maximum Gasteiger partial charge on any atom is 0.223 e. The standard InChI is InChI=1S/C14H16Cl2N6O2/c15-13-19-9(7-5-17-1-3-23-7)11-12(22-13)10(20-14(16)21-11)8-6-18-2-4-24-8/h7-8,17-18H,1-6H2. The molecule has 0 bridgehead atoms. The summed E-state index contributed by atoms with van der Waals surface area (Å²) in [6.07, 6.45) is -0.517. The molecular formula is C14H16Cl2N6O2. The van der Waals surface area contributed by atoms with E-state index in [9.17, 15) is 0 Å². The quantitative estimate of drug-likeness (QED) is 0.757. The Morgan fingerprint density at radius 3 is 1.58 bits per heavy atom. The molecule has 4 rings (SSSR count). The molecule has 0 spiro atoms. The van der Waals surface area contributed by atoms with E-state index in [1.165, 1.54) is 0 Å². The van der Waals surface area contributed by atoms with Crippen molar-refractivity contribution >= 4 is 34.2 Å². The molecule has 2 unspecified atom stereocenters. The second-order valence-electron chi connectivity index (χ2n) is 5.58. The monoisotopic (exact) mass is 370 g/mol. The summed E-state index contributed by atoms with van der Waals surface area (Å²) in [5.74, 6) is 0. The minimum Gasteiger partial charge on any atom is -0.369 e. The topological polar surface area (TPSA) is 94.1 Å². The maximum atomic E-state index is 6.15. The fourth-order valence-corrected chi connectivity index (χ4v) is 3.28. The minimum atomic E-state index is -0.258. The predicted molar refractivity (Wildman–Crippen MR) is 88.3 cm³/mol. The first-order valence-electron chi connectivity index (χ1n) is 7.77. The van der Waals surface area contributed by atoms with E-state index in [0.29, 0.717) is 48.7 Å². The first kappa shape index (κ1) is 16.3. The van der Waals surface area contributed by atoms with Crippen molar-refractivity contribution in [2.24, 2.45) is 0 Å². The van der Waals surface area contributed by atoms with Crippen LogP contribution in [-0.4, -0.2) is 59.3 Å². The summed E-state index contributed by atoms with van der Waals surface area (Å²) < 4.78 is 11.6. The Morgan fingerprint density at radius 2 is 1.21 bits per heavy atom. The number of ether oxygens (including phenoxy) is 2. The lowest BCUT2D eigenvalue weighted by molar-refractivity contribution is 0.0247. The smallest absolute Gasteiger partial charge is 0.223 e. The van der Waals surface area contributed by atoms with Crippen LogP contribution in [0.2, 0.25) is 10.6 Å². The highest BCUT2D eigenvalue weighted by Gasteiger charge is 2.27. The van der Waals surface area contributed by atoms with Gasteiger partial charge in [-0.05, 0) is 23.2 Å². The molecule has 8 nitrogen and oxygen atoms in total. The van der Waals surface area contributed by atoms with Gasteiger partial charge in [0, 0.05) is 26.2 Å². The van der Waals surface area contributed by atoms with E-state index in [0.717, 1.165) is 13.1 Å². The van der Waals surface area contributed by atoms with Crippen LogP contribution in [-0.2, 0) is 9.47 Å². The molecule has 2 aliphatic heterocycles. The van der Waals surface area contributed by atoms with Crippen molar-refractivity contribution in [1.29, 1.82) is 0 Å². The highest BCUT2D eigenvalue weighted by atomic mass is 35.5. The van der Waals surface area contributed by atoms with Crippen molar-refractivity contribution < 1.29 is 9.47 Å². The van der Waals surface area contributed by atoms with E-state index in [1.54, 1.807) is 0 Å². The molecule has 2 atom stereocenters. The first-order valence-corrected chi connectivity index (χ1v) is 8.53.